The maximum absolute atomic E-state index is 5.23. The van der Waals surface area contributed by atoms with Gasteiger partial charge < -0.3 is 9.64 Å². The number of anilines is 3. The minimum atomic E-state index is 0.636. The first-order valence-corrected chi connectivity index (χ1v) is 9.31. The topological polar surface area (TPSA) is 12.5 Å². The Labute approximate surface area is 157 Å². The van der Waals surface area contributed by atoms with Crippen LogP contribution in [0, 0.1) is 0 Å². The van der Waals surface area contributed by atoms with Gasteiger partial charge in [-0.25, -0.2) is 0 Å². The van der Waals surface area contributed by atoms with E-state index in [1.54, 1.807) is 7.11 Å². The van der Waals surface area contributed by atoms with Gasteiger partial charge in [0.25, 0.3) is 0 Å². The highest BCUT2D eigenvalue weighted by molar-refractivity contribution is 5.76. The van der Waals surface area contributed by atoms with E-state index in [0.29, 0.717) is 6.61 Å². The van der Waals surface area contributed by atoms with Gasteiger partial charge in [-0.2, -0.15) is 0 Å². The van der Waals surface area contributed by atoms with Gasteiger partial charge in [-0.05, 0) is 65.9 Å². The monoisotopic (exact) mass is 345 g/mol. The van der Waals surface area contributed by atoms with Crippen molar-refractivity contribution in [3.8, 4) is 0 Å². The van der Waals surface area contributed by atoms with Crippen LogP contribution in [0.15, 0.2) is 72.8 Å². The summed E-state index contributed by atoms with van der Waals surface area (Å²) in [5.41, 5.74) is 7.38. The Morgan fingerprint density at radius 1 is 0.577 bits per heavy atom. The Bertz CT molecular complexity index is 757. The first-order chi connectivity index (χ1) is 12.7. The van der Waals surface area contributed by atoms with Crippen molar-refractivity contribution >= 4 is 17.1 Å². The maximum Gasteiger partial charge on any atom is 0.0713 e. The molecule has 0 aliphatic carbocycles. The van der Waals surface area contributed by atoms with Gasteiger partial charge in [0.2, 0.25) is 0 Å². The number of benzene rings is 3. The van der Waals surface area contributed by atoms with Crippen LogP contribution in [-0.2, 0) is 24.2 Å². The van der Waals surface area contributed by atoms with Gasteiger partial charge in [-0.15, -0.1) is 0 Å². The summed E-state index contributed by atoms with van der Waals surface area (Å²) in [5, 5.41) is 0. The second-order valence-corrected chi connectivity index (χ2v) is 6.47. The zero-order valence-corrected chi connectivity index (χ0v) is 15.9. The van der Waals surface area contributed by atoms with Gasteiger partial charge in [-0.1, -0.05) is 50.2 Å². The molecule has 0 bridgehead atoms. The zero-order valence-electron chi connectivity index (χ0n) is 15.9. The zero-order chi connectivity index (χ0) is 18.4. The third-order valence-electron chi connectivity index (χ3n) is 4.71. The molecule has 0 atom stereocenters. The predicted octanol–water partition coefficient (Wildman–Crippen LogP) is 6.43. The first-order valence-electron chi connectivity index (χ1n) is 9.31. The third-order valence-corrected chi connectivity index (χ3v) is 4.71. The molecule has 0 unspecified atom stereocenters. The van der Waals surface area contributed by atoms with E-state index >= 15 is 0 Å². The Morgan fingerprint density at radius 2 is 0.923 bits per heavy atom. The molecule has 0 spiro atoms. The normalized spacial score (nSPS) is 10.7. The Hall–Kier alpha value is -2.58. The lowest BCUT2D eigenvalue weighted by atomic mass is 10.1. The third kappa shape index (κ3) is 4.14. The summed E-state index contributed by atoms with van der Waals surface area (Å²) in [6.45, 7) is 5.01. The van der Waals surface area contributed by atoms with Gasteiger partial charge in [0.1, 0.15) is 0 Å². The summed E-state index contributed by atoms with van der Waals surface area (Å²) >= 11 is 0. The van der Waals surface area contributed by atoms with Crippen molar-refractivity contribution in [2.24, 2.45) is 0 Å². The molecule has 26 heavy (non-hydrogen) atoms. The standard InChI is InChI=1S/C24H27NO/c1-4-19-6-12-22(13-7-19)25(23-14-8-20(5-2)9-15-23)24-16-10-21(11-17-24)18-26-3/h6-17H,4-5,18H2,1-3H3. The van der Waals surface area contributed by atoms with Crippen molar-refractivity contribution in [2.45, 2.75) is 33.3 Å². The van der Waals surface area contributed by atoms with E-state index in [1.165, 1.54) is 28.1 Å². The van der Waals surface area contributed by atoms with Gasteiger partial charge in [0.15, 0.2) is 0 Å². The molecule has 0 fully saturated rings. The molecule has 134 valence electrons. The number of aryl methyl sites for hydroxylation is 2. The van der Waals surface area contributed by atoms with E-state index in [0.717, 1.165) is 18.5 Å². The lowest BCUT2D eigenvalue weighted by Gasteiger charge is -2.26. The molecule has 0 radical (unpaired) electrons. The highest BCUT2D eigenvalue weighted by Gasteiger charge is 2.12. The molecular formula is C24H27NO. The van der Waals surface area contributed by atoms with Crippen molar-refractivity contribution < 1.29 is 4.74 Å². The van der Waals surface area contributed by atoms with Crippen molar-refractivity contribution in [1.29, 1.82) is 0 Å². The van der Waals surface area contributed by atoms with Gasteiger partial charge in [0.05, 0.1) is 6.61 Å². The largest absolute Gasteiger partial charge is 0.380 e. The summed E-state index contributed by atoms with van der Waals surface area (Å²) in [6, 6.07) is 26.2. The van der Waals surface area contributed by atoms with Crippen LogP contribution in [0.4, 0.5) is 17.1 Å². The fourth-order valence-corrected chi connectivity index (χ4v) is 3.12. The maximum atomic E-state index is 5.23. The smallest absolute Gasteiger partial charge is 0.0713 e. The molecule has 0 saturated heterocycles. The van der Waals surface area contributed by atoms with Crippen LogP contribution < -0.4 is 4.90 Å². The van der Waals surface area contributed by atoms with Crippen LogP contribution in [0.2, 0.25) is 0 Å². The van der Waals surface area contributed by atoms with Crippen LogP contribution >= 0.6 is 0 Å². The quantitative estimate of drug-likeness (QED) is 0.489. The van der Waals surface area contributed by atoms with E-state index in [1.807, 2.05) is 0 Å². The van der Waals surface area contributed by atoms with Crippen LogP contribution in [0.1, 0.15) is 30.5 Å². The average molecular weight is 345 g/mol. The summed E-state index contributed by atoms with van der Waals surface area (Å²) in [6.07, 6.45) is 2.11. The summed E-state index contributed by atoms with van der Waals surface area (Å²) < 4.78 is 5.23. The van der Waals surface area contributed by atoms with Crippen molar-refractivity contribution in [2.75, 3.05) is 12.0 Å². The Morgan fingerprint density at radius 3 is 1.23 bits per heavy atom. The minimum absolute atomic E-state index is 0.636. The number of rotatable bonds is 7. The number of nitrogens with zero attached hydrogens (tertiary/aromatic N) is 1. The van der Waals surface area contributed by atoms with E-state index in [-0.39, 0.29) is 0 Å². The van der Waals surface area contributed by atoms with Gasteiger partial charge in [0, 0.05) is 24.2 Å². The lowest BCUT2D eigenvalue weighted by Crippen LogP contribution is -2.10. The van der Waals surface area contributed by atoms with E-state index in [4.69, 9.17) is 4.74 Å². The molecule has 0 amide bonds. The van der Waals surface area contributed by atoms with Crippen LogP contribution in [0.3, 0.4) is 0 Å². The molecule has 2 nitrogen and oxygen atoms in total. The molecule has 0 aliphatic rings. The summed E-state index contributed by atoms with van der Waals surface area (Å²) in [5.74, 6) is 0. The number of hydrogen-bond donors (Lipinski definition) is 0. The lowest BCUT2D eigenvalue weighted by molar-refractivity contribution is 0.185. The van der Waals surface area contributed by atoms with Crippen LogP contribution in [0.25, 0.3) is 0 Å². The molecule has 0 aliphatic heterocycles. The van der Waals surface area contributed by atoms with Crippen molar-refractivity contribution in [1.82, 2.24) is 0 Å². The molecule has 3 rings (SSSR count). The second kappa shape index (κ2) is 8.68. The van der Waals surface area contributed by atoms with E-state index < -0.39 is 0 Å². The Kier molecular flexibility index (Phi) is 6.08. The van der Waals surface area contributed by atoms with Gasteiger partial charge in [-0.3, -0.25) is 0 Å². The molecule has 3 aromatic rings. The Balaban J connectivity index is 2.01. The van der Waals surface area contributed by atoms with Crippen LogP contribution in [0.5, 0.6) is 0 Å². The SMILES string of the molecule is CCc1ccc(N(c2ccc(CC)cc2)c2ccc(COC)cc2)cc1. The van der Waals surface area contributed by atoms with E-state index in [2.05, 4.69) is 91.5 Å². The molecule has 0 aromatic heterocycles. The fraction of sp³-hybridized carbons (Fsp3) is 0.250. The highest BCUT2D eigenvalue weighted by Crippen LogP contribution is 2.34. The minimum Gasteiger partial charge on any atom is -0.380 e. The first kappa shape index (κ1) is 18.2. The summed E-state index contributed by atoms with van der Waals surface area (Å²) in [4.78, 5) is 2.30. The second-order valence-electron chi connectivity index (χ2n) is 6.47. The van der Waals surface area contributed by atoms with Crippen LogP contribution in [-0.4, -0.2) is 7.11 Å². The predicted molar refractivity (Wildman–Crippen MR) is 111 cm³/mol. The molecule has 0 saturated carbocycles. The summed E-state index contributed by atoms with van der Waals surface area (Å²) in [7, 11) is 1.73. The number of ether oxygens (including phenoxy) is 1. The average Bonchev–Trinajstić information content (AvgIpc) is 2.71. The van der Waals surface area contributed by atoms with E-state index in [9.17, 15) is 0 Å². The molecular weight excluding hydrogens is 318 g/mol. The fourth-order valence-electron chi connectivity index (χ4n) is 3.12. The number of methoxy groups -OCH3 is 1. The molecule has 0 heterocycles. The number of hydrogen-bond acceptors (Lipinski definition) is 2. The van der Waals surface area contributed by atoms with Crippen molar-refractivity contribution in [3.05, 3.63) is 89.5 Å². The molecule has 2 heteroatoms. The molecule has 0 N–H and O–H groups in total. The molecule has 3 aromatic carbocycles. The van der Waals surface area contributed by atoms with Gasteiger partial charge >= 0.3 is 0 Å². The highest BCUT2D eigenvalue weighted by atomic mass is 16.5. The van der Waals surface area contributed by atoms with Crippen molar-refractivity contribution in [3.63, 3.8) is 0 Å².